The third kappa shape index (κ3) is 5.32. The summed E-state index contributed by atoms with van der Waals surface area (Å²) >= 11 is 1.20. The first-order chi connectivity index (χ1) is 16.5. The summed E-state index contributed by atoms with van der Waals surface area (Å²) in [5.74, 6) is -0.205. The molecule has 1 aliphatic heterocycles. The van der Waals surface area contributed by atoms with Crippen LogP contribution in [0.2, 0.25) is 0 Å². The maximum atomic E-state index is 13.0. The van der Waals surface area contributed by atoms with Crippen molar-refractivity contribution in [3.05, 3.63) is 65.5 Å². The molecule has 1 atom stereocenters. The lowest BCUT2D eigenvalue weighted by Crippen LogP contribution is -2.39. The van der Waals surface area contributed by atoms with Gasteiger partial charge in [0.2, 0.25) is 10.0 Å². The third-order valence-electron chi connectivity index (χ3n) is 5.95. The number of rotatable bonds is 6. The van der Waals surface area contributed by atoms with Crippen LogP contribution in [-0.4, -0.2) is 51.0 Å². The van der Waals surface area contributed by atoms with E-state index >= 15 is 0 Å². The molecule has 2 aromatic carbocycles. The van der Waals surface area contributed by atoms with Gasteiger partial charge in [-0.1, -0.05) is 24.3 Å². The van der Waals surface area contributed by atoms with Crippen LogP contribution in [0, 0.1) is 5.92 Å². The molecular weight excluding hydrogens is 506 g/mol. The summed E-state index contributed by atoms with van der Waals surface area (Å²) in [4.78, 5) is 17.9. The zero-order valence-electron chi connectivity index (χ0n) is 19.5. The molecule has 0 radical (unpaired) electrons. The smallest absolute Gasteiger partial charge is 0.279 e. The zero-order chi connectivity index (χ0) is 25.4. The number of fused-ring (bicyclic) bond motifs is 1. The Hall–Kier alpha value is -2.60. The number of carbonyl (C=O) groups excluding carboxylic acids is 1. The predicted molar refractivity (Wildman–Crippen MR) is 137 cm³/mol. The van der Waals surface area contributed by atoms with Gasteiger partial charge in [-0.25, -0.2) is 16.8 Å². The Labute approximate surface area is 209 Å². The average Bonchev–Trinajstić information content (AvgIpc) is 3.15. The Morgan fingerprint density at radius 3 is 2.46 bits per heavy atom. The molecule has 11 heteroatoms. The van der Waals surface area contributed by atoms with E-state index in [1.54, 1.807) is 22.8 Å². The van der Waals surface area contributed by atoms with Gasteiger partial charge in [0.05, 0.1) is 20.0 Å². The minimum Gasteiger partial charge on any atom is -0.312 e. The second-order valence-electron chi connectivity index (χ2n) is 8.74. The molecule has 35 heavy (non-hydrogen) atoms. The van der Waals surface area contributed by atoms with Crippen LogP contribution in [0.25, 0.3) is 10.2 Å². The molecule has 3 aromatic rings. The van der Waals surface area contributed by atoms with Gasteiger partial charge in [-0.3, -0.25) is 4.79 Å². The van der Waals surface area contributed by atoms with Crippen molar-refractivity contribution in [1.82, 2.24) is 8.87 Å². The Bertz CT molecular complexity index is 1570. The zero-order valence-corrected chi connectivity index (χ0v) is 22.0. The molecule has 0 bridgehead atoms. The van der Waals surface area contributed by atoms with Crippen molar-refractivity contribution >= 4 is 47.3 Å². The highest BCUT2D eigenvalue weighted by Crippen LogP contribution is 2.24. The first kappa shape index (κ1) is 25.5. The molecule has 2 heterocycles. The molecule has 8 nitrogen and oxygen atoms in total. The summed E-state index contributed by atoms with van der Waals surface area (Å²) in [6.45, 7) is 7.17. The van der Waals surface area contributed by atoms with E-state index in [4.69, 9.17) is 0 Å². The normalized spacial score (nSPS) is 18.1. The molecule has 1 aromatic heterocycles. The van der Waals surface area contributed by atoms with Crippen molar-refractivity contribution in [1.29, 1.82) is 0 Å². The van der Waals surface area contributed by atoms with Crippen LogP contribution in [0.5, 0.6) is 0 Å². The minimum atomic E-state index is -3.61. The number of piperidine rings is 1. The highest BCUT2D eigenvalue weighted by Gasteiger charge is 2.28. The topological polar surface area (TPSA) is 106 Å². The van der Waals surface area contributed by atoms with E-state index in [0.717, 1.165) is 24.6 Å². The van der Waals surface area contributed by atoms with E-state index in [1.165, 1.54) is 46.0 Å². The van der Waals surface area contributed by atoms with Crippen molar-refractivity contribution in [2.45, 2.75) is 36.1 Å². The number of thiazole rings is 1. The number of nitrogens with zero attached hydrogens (tertiary/aromatic N) is 3. The van der Waals surface area contributed by atoms with Crippen molar-refractivity contribution < 1.29 is 21.6 Å². The lowest BCUT2D eigenvalue weighted by molar-refractivity contribution is 0.0997. The largest absolute Gasteiger partial charge is 0.312 e. The first-order valence-corrected chi connectivity index (χ1v) is 15.3. The molecule has 1 unspecified atom stereocenters. The van der Waals surface area contributed by atoms with Gasteiger partial charge in [0.25, 0.3) is 5.91 Å². The number of sulfonamides is 1. The summed E-state index contributed by atoms with van der Waals surface area (Å²) in [7, 11) is -6.99. The fourth-order valence-electron chi connectivity index (χ4n) is 4.11. The van der Waals surface area contributed by atoms with Gasteiger partial charge in [-0.05, 0) is 61.2 Å². The van der Waals surface area contributed by atoms with Crippen molar-refractivity contribution in [3.8, 4) is 0 Å². The Morgan fingerprint density at radius 2 is 1.83 bits per heavy atom. The number of aromatic nitrogens is 1. The van der Waals surface area contributed by atoms with Gasteiger partial charge >= 0.3 is 0 Å². The van der Waals surface area contributed by atoms with Crippen LogP contribution in [0.1, 0.15) is 30.1 Å². The van der Waals surface area contributed by atoms with Crippen LogP contribution >= 0.6 is 11.3 Å². The molecule has 0 N–H and O–H groups in total. The van der Waals surface area contributed by atoms with E-state index in [2.05, 4.69) is 11.6 Å². The highest BCUT2D eigenvalue weighted by molar-refractivity contribution is 7.90. The van der Waals surface area contributed by atoms with Gasteiger partial charge in [0.1, 0.15) is 0 Å². The summed E-state index contributed by atoms with van der Waals surface area (Å²) in [6.07, 6.45) is 4.66. The summed E-state index contributed by atoms with van der Waals surface area (Å²) in [5.41, 5.74) is 1.00. The summed E-state index contributed by atoms with van der Waals surface area (Å²) in [6, 6.07) is 10.6. The number of carbonyl (C=O) groups is 1. The van der Waals surface area contributed by atoms with Gasteiger partial charge in [-0.2, -0.15) is 9.30 Å². The van der Waals surface area contributed by atoms with E-state index in [9.17, 15) is 21.6 Å². The van der Waals surface area contributed by atoms with E-state index in [-0.39, 0.29) is 15.4 Å². The fourth-order valence-corrected chi connectivity index (χ4v) is 7.51. The molecule has 4 rings (SSSR count). The summed E-state index contributed by atoms with van der Waals surface area (Å²) < 4.78 is 53.8. The van der Waals surface area contributed by atoms with Gasteiger partial charge in [-0.15, -0.1) is 6.58 Å². The maximum absolute atomic E-state index is 13.0. The van der Waals surface area contributed by atoms with E-state index in [0.29, 0.717) is 35.1 Å². The number of amides is 1. The Balaban J connectivity index is 1.67. The first-order valence-electron chi connectivity index (χ1n) is 11.1. The molecule has 0 spiro atoms. The van der Waals surface area contributed by atoms with Crippen molar-refractivity contribution in [3.63, 3.8) is 0 Å². The predicted octanol–water partition coefficient (Wildman–Crippen LogP) is 3.45. The Morgan fingerprint density at radius 1 is 1.14 bits per heavy atom. The number of allylic oxidation sites excluding steroid dienone is 1. The highest BCUT2D eigenvalue weighted by atomic mass is 32.2. The van der Waals surface area contributed by atoms with Crippen LogP contribution in [0.4, 0.5) is 0 Å². The summed E-state index contributed by atoms with van der Waals surface area (Å²) in [5, 5.41) is 0. The monoisotopic (exact) mass is 533 g/mol. The molecule has 0 aliphatic carbocycles. The lowest BCUT2D eigenvalue weighted by atomic mass is 10.0. The second kappa shape index (κ2) is 9.81. The van der Waals surface area contributed by atoms with E-state index < -0.39 is 25.8 Å². The molecule has 186 valence electrons. The molecule has 1 aliphatic rings. The number of benzene rings is 2. The number of hydrogen-bond donors (Lipinski definition) is 0. The van der Waals surface area contributed by atoms with Crippen LogP contribution < -0.4 is 4.80 Å². The number of hydrogen-bond acceptors (Lipinski definition) is 6. The van der Waals surface area contributed by atoms with Gasteiger partial charge in [0, 0.05) is 31.5 Å². The average molecular weight is 534 g/mol. The molecule has 1 fully saturated rings. The van der Waals surface area contributed by atoms with Crippen molar-refractivity contribution in [2.24, 2.45) is 10.9 Å². The van der Waals surface area contributed by atoms with Crippen LogP contribution in [0.15, 0.2) is 69.9 Å². The minimum absolute atomic E-state index is 0.153. The van der Waals surface area contributed by atoms with E-state index in [1.807, 2.05) is 6.92 Å². The molecular formula is C24H27N3O5S3. The second-order valence-corrected chi connectivity index (χ2v) is 13.7. The standard InChI is InChI=1S/C24H27N3O5S3/c1-4-13-27-21-12-11-20(34(3,29)30)15-22(21)33-24(27)25-23(28)18-7-9-19(10-8-18)35(31,32)26-14-5-6-17(2)16-26/h4,7-12,15,17H,1,5-6,13-14,16H2,2-3H3. The van der Waals surface area contributed by atoms with Crippen LogP contribution in [-0.2, 0) is 26.4 Å². The molecule has 0 saturated carbocycles. The fraction of sp³-hybridized carbons (Fsp3) is 0.333. The Kier molecular flexibility index (Phi) is 7.14. The lowest BCUT2D eigenvalue weighted by Gasteiger charge is -2.30. The van der Waals surface area contributed by atoms with Gasteiger partial charge in [0.15, 0.2) is 14.6 Å². The third-order valence-corrected chi connectivity index (χ3v) is 9.98. The van der Waals surface area contributed by atoms with Crippen LogP contribution in [0.3, 0.4) is 0 Å². The molecule has 1 amide bonds. The van der Waals surface area contributed by atoms with Crippen molar-refractivity contribution in [2.75, 3.05) is 19.3 Å². The number of sulfone groups is 1. The quantitative estimate of drug-likeness (QED) is 0.451. The van der Waals surface area contributed by atoms with Gasteiger partial charge < -0.3 is 4.57 Å². The molecule has 1 saturated heterocycles. The maximum Gasteiger partial charge on any atom is 0.279 e. The SMILES string of the molecule is C=CCn1c(=NC(=O)c2ccc(S(=O)(=O)N3CCCC(C)C3)cc2)sc2cc(S(C)(=O)=O)ccc21.